The summed E-state index contributed by atoms with van der Waals surface area (Å²) in [7, 11) is 0. The minimum absolute atomic E-state index is 0.0680. The van der Waals surface area contributed by atoms with Crippen molar-refractivity contribution < 1.29 is 14.3 Å². The number of hydrogen-bond donors (Lipinski definition) is 1. The summed E-state index contributed by atoms with van der Waals surface area (Å²) in [6, 6.07) is 14.5. The largest absolute Gasteiger partial charge is 0.462 e. The molecule has 1 atom stereocenters. The standard InChI is InChI=1S/C24H24N4O3/c1-4-14(2)13-31-24(30)20-21-23(27-19-11-6-5-10-18(19)26-21)28(22(20)25)17-9-7-8-16(12-17)15(3)29/h5-12,14H,4,13,25H2,1-3H3/t14-/m0/s1. The van der Waals surface area contributed by atoms with E-state index in [0.717, 1.165) is 6.42 Å². The van der Waals surface area contributed by atoms with Gasteiger partial charge in [-0.15, -0.1) is 0 Å². The second-order valence-corrected chi connectivity index (χ2v) is 7.70. The van der Waals surface area contributed by atoms with E-state index in [0.29, 0.717) is 40.1 Å². The summed E-state index contributed by atoms with van der Waals surface area (Å²) in [6.07, 6.45) is 0.896. The summed E-state index contributed by atoms with van der Waals surface area (Å²) >= 11 is 0. The van der Waals surface area contributed by atoms with E-state index in [2.05, 4.69) is 4.98 Å². The van der Waals surface area contributed by atoms with Gasteiger partial charge < -0.3 is 10.5 Å². The number of carbonyl (C=O) groups excluding carboxylic acids is 2. The van der Waals surface area contributed by atoms with Gasteiger partial charge in [0.1, 0.15) is 16.9 Å². The molecule has 0 bridgehead atoms. The van der Waals surface area contributed by atoms with Crippen LogP contribution in [0.25, 0.3) is 27.9 Å². The number of para-hydroxylation sites is 2. The van der Waals surface area contributed by atoms with Crippen LogP contribution in [-0.2, 0) is 4.74 Å². The first-order chi connectivity index (χ1) is 14.9. The average molecular weight is 416 g/mol. The lowest BCUT2D eigenvalue weighted by Crippen LogP contribution is -2.13. The van der Waals surface area contributed by atoms with Crippen molar-refractivity contribution in [2.24, 2.45) is 5.92 Å². The number of aromatic nitrogens is 3. The molecule has 0 fully saturated rings. The monoisotopic (exact) mass is 416 g/mol. The summed E-state index contributed by atoms with van der Waals surface area (Å²) < 4.78 is 7.19. The number of ether oxygens (including phenoxy) is 1. The van der Waals surface area contributed by atoms with Crippen LogP contribution in [0.1, 0.15) is 47.9 Å². The van der Waals surface area contributed by atoms with Crippen LogP contribution >= 0.6 is 0 Å². The Morgan fingerprint density at radius 1 is 1.10 bits per heavy atom. The van der Waals surface area contributed by atoms with Crippen LogP contribution < -0.4 is 5.73 Å². The van der Waals surface area contributed by atoms with Crippen LogP contribution in [0.4, 0.5) is 5.82 Å². The van der Waals surface area contributed by atoms with Crippen LogP contribution in [0.2, 0.25) is 0 Å². The van der Waals surface area contributed by atoms with Gasteiger partial charge in [0.15, 0.2) is 11.4 Å². The van der Waals surface area contributed by atoms with Gasteiger partial charge in [-0.3, -0.25) is 9.36 Å². The van der Waals surface area contributed by atoms with Gasteiger partial charge in [-0.05, 0) is 37.1 Å². The molecule has 0 unspecified atom stereocenters. The van der Waals surface area contributed by atoms with Gasteiger partial charge in [0, 0.05) is 11.3 Å². The minimum atomic E-state index is -0.533. The Morgan fingerprint density at radius 2 is 1.81 bits per heavy atom. The van der Waals surface area contributed by atoms with Crippen molar-refractivity contribution in [2.45, 2.75) is 27.2 Å². The molecule has 4 rings (SSSR count). The zero-order valence-corrected chi connectivity index (χ0v) is 17.8. The number of nitrogens with zero attached hydrogens (tertiary/aromatic N) is 3. The van der Waals surface area contributed by atoms with Crippen molar-refractivity contribution in [2.75, 3.05) is 12.3 Å². The number of rotatable bonds is 6. The quantitative estimate of drug-likeness (QED) is 0.365. The highest BCUT2D eigenvalue weighted by molar-refractivity contribution is 6.09. The highest BCUT2D eigenvalue weighted by atomic mass is 16.5. The maximum atomic E-state index is 13.0. The molecule has 7 nitrogen and oxygen atoms in total. The van der Waals surface area contributed by atoms with E-state index < -0.39 is 5.97 Å². The topological polar surface area (TPSA) is 100 Å². The summed E-state index contributed by atoms with van der Waals surface area (Å²) in [5, 5.41) is 0. The van der Waals surface area contributed by atoms with Gasteiger partial charge >= 0.3 is 5.97 Å². The Hall–Kier alpha value is -3.74. The molecule has 31 heavy (non-hydrogen) atoms. The Balaban J connectivity index is 1.96. The van der Waals surface area contributed by atoms with Crippen LogP contribution in [0.3, 0.4) is 0 Å². The number of fused-ring (bicyclic) bond motifs is 2. The fourth-order valence-corrected chi connectivity index (χ4v) is 3.40. The number of ketones is 1. The average Bonchev–Trinajstić information content (AvgIpc) is 3.06. The molecule has 4 aromatic rings. The molecule has 0 aliphatic carbocycles. The van der Waals surface area contributed by atoms with Crippen molar-refractivity contribution in [3.8, 4) is 5.69 Å². The zero-order valence-electron chi connectivity index (χ0n) is 17.8. The lowest BCUT2D eigenvalue weighted by Gasteiger charge is -2.10. The third kappa shape index (κ3) is 3.74. The molecular weight excluding hydrogens is 392 g/mol. The highest BCUT2D eigenvalue weighted by Gasteiger charge is 2.26. The molecule has 0 saturated heterocycles. The molecule has 2 aromatic carbocycles. The third-order valence-electron chi connectivity index (χ3n) is 5.41. The smallest absolute Gasteiger partial charge is 0.344 e. The summed E-state index contributed by atoms with van der Waals surface area (Å²) in [5.74, 6) is -0.187. The second kappa shape index (κ2) is 8.18. The third-order valence-corrected chi connectivity index (χ3v) is 5.41. The summed E-state index contributed by atoms with van der Waals surface area (Å²) in [4.78, 5) is 34.3. The number of anilines is 1. The van der Waals surface area contributed by atoms with Crippen molar-refractivity contribution in [3.05, 3.63) is 59.7 Å². The summed E-state index contributed by atoms with van der Waals surface area (Å²) in [6.45, 7) is 5.85. The van der Waals surface area contributed by atoms with E-state index in [-0.39, 0.29) is 23.1 Å². The fraction of sp³-hybridized carbons (Fsp3) is 0.250. The molecule has 7 heteroatoms. The lowest BCUT2D eigenvalue weighted by molar-refractivity contribution is 0.0450. The van der Waals surface area contributed by atoms with Gasteiger partial charge in [-0.25, -0.2) is 14.8 Å². The molecule has 2 N–H and O–H groups in total. The van der Waals surface area contributed by atoms with Crippen molar-refractivity contribution in [1.29, 1.82) is 0 Å². The number of nitrogen functional groups attached to an aromatic ring is 1. The molecule has 0 saturated carbocycles. The molecule has 0 aliphatic heterocycles. The van der Waals surface area contributed by atoms with Crippen LogP contribution in [0.5, 0.6) is 0 Å². The van der Waals surface area contributed by atoms with E-state index >= 15 is 0 Å². The predicted molar refractivity (Wildman–Crippen MR) is 121 cm³/mol. The highest BCUT2D eigenvalue weighted by Crippen LogP contribution is 2.32. The number of benzene rings is 2. The van der Waals surface area contributed by atoms with Gasteiger partial charge in [-0.1, -0.05) is 44.5 Å². The van der Waals surface area contributed by atoms with E-state index in [1.54, 1.807) is 22.8 Å². The van der Waals surface area contributed by atoms with Crippen LogP contribution in [0.15, 0.2) is 48.5 Å². The molecular formula is C24H24N4O3. The molecule has 0 amide bonds. The minimum Gasteiger partial charge on any atom is -0.462 e. The van der Waals surface area contributed by atoms with Crippen LogP contribution in [0, 0.1) is 5.92 Å². The van der Waals surface area contributed by atoms with Gasteiger partial charge in [0.2, 0.25) is 0 Å². The van der Waals surface area contributed by atoms with E-state index in [9.17, 15) is 9.59 Å². The fourth-order valence-electron chi connectivity index (χ4n) is 3.40. The first-order valence-corrected chi connectivity index (χ1v) is 10.3. The normalized spacial score (nSPS) is 12.2. The predicted octanol–water partition coefficient (Wildman–Crippen LogP) is 4.56. The Kier molecular flexibility index (Phi) is 5.42. The number of hydrogen-bond acceptors (Lipinski definition) is 6. The molecule has 2 aromatic heterocycles. The number of Topliss-reactive ketones (excluding diaryl/α,β-unsaturated/α-hetero) is 1. The van der Waals surface area contributed by atoms with Crippen LogP contribution in [-0.4, -0.2) is 32.9 Å². The maximum Gasteiger partial charge on any atom is 0.344 e. The maximum absolute atomic E-state index is 13.0. The first-order valence-electron chi connectivity index (χ1n) is 10.3. The Morgan fingerprint density at radius 3 is 2.48 bits per heavy atom. The van der Waals surface area contributed by atoms with Gasteiger partial charge in [-0.2, -0.15) is 0 Å². The second-order valence-electron chi connectivity index (χ2n) is 7.70. The van der Waals surface area contributed by atoms with Crippen molar-refractivity contribution in [3.63, 3.8) is 0 Å². The van der Waals surface area contributed by atoms with E-state index in [1.165, 1.54) is 6.92 Å². The Bertz CT molecular complexity index is 1310. The number of esters is 1. The van der Waals surface area contributed by atoms with Gasteiger partial charge in [0.25, 0.3) is 0 Å². The van der Waals surface area contributed by atoms with Crippen molar-refractivity contribution >= 4 is 39.8 Å². The molecule has 158 valence electrons. The molecule has 2 heterocycles. The van der Waals surface area contributed by atoms with E-state index in [4.69, 9.17) is 15.5 Å². The lowest BCUT2D eigenvalue weighted by atomic mass is 10.1. The molecule has 0 radical (unpaired) electrons. The number of carbonyl (C=O) groups is 2. The molecule has 0 spiro atoms. The van der Waals surface area contributed by atoms with Crippen molar-refractivity contribution in [1.82, 2.24) is 14.5 Å². The first kappa shape index (κ1) is 20.5. The zero-order chi connectivity index (χ0) is 22.1. The summed E-state index contributed by atoms with van der Waals surface area (Å²) in [5.41, 5.74) is 9.96. The number of nitrogens with two attached hydrogens (primary N) is 1. The van der Waals surface area contributed by atoms with E-state index in [1.807, 2.05) is 44.2 Å². The SMILES string of the molecule is CC[C@H](C)COC(=O)c1c(N)n(-c2cccc(C(C)=O)c2)c2nc3ccccc3nc12. The van der Waals surface area contributed by atoms with Gasteiger partial charge in [0.05, 0.1) is 17.6 Å². The Labute approximate surface area is 179 Å². The molecule has 0 aliphatic rings.